The first-order chi connectivity index (χ1) is 8.79. The van der Waals surface area contributed by atoms with Crippen molar-refractivity contribution in [3.63, 3.8) is 0 Å². The molecule has 1 N–H and O–H groups in total. The van der Waals surface area contributed by atoms with E-state index in [2.05, 4.69) is 24.9 Å². The minimum atomic E-state index is -0.353. The van der Waals surface area contributed by atoms with E-state index in [0.717, 1.165) is 31.7 Å². The SMILES string of the molecule is COC(=O)NCC1CCN(c2ccncn2)CC1. The largest absolute Gasteiger partial charge is 0.453 e. The second-order valence-corrected chi connectivity index (χ2v) is 4.37. The molecule has 0 radical (unpaired) electrons. The van der Waals surface area contributed by atoms with E-state index in [9.17, 15) is 4.79 Å². The first-order valence-electron chi connectivity index (χ1n) is 6.12. The number of amides is 1. The fourth-order valence-electron chi connectivity index (χ4n) is 2.14. The quantitative estimate of drug-likeness (QED) is 0.868. The lowest BCUT2D eigenvalue weighted by atomic mass is 9.97. The number of carbonyl (C=O) groups is 1. The molecule has 1 aromatic heterocycles. The van der Waals surface area contributed by atoms with Gasteiger partial charge >= 0.3 is 6.09 Å². The molecule has 1 fully saturated rings. The van der Waals surface area contributed by atoms with Crippen LogP contribution in [0.15, 0.2) is 18.6 Å². The minimum absolute atomic E-state index is 0.353. The molecule has 2 heterocycles. The molecule has 0 atom stereocenters. The molecule has 18 heavy (non-hydrogen) atoms. The Morgan fingerprint density at radius 1 is 1.56 bits per heavy atom. The number of carbonyl (C=O) groups excluding carboxylic acids is 1. The first-order valence-corrected chi connectivity index (χ1v) is 6.12. The van der Waals surface area contributed by atoms with Gasteiger partial charge in [-0.05, 0) is 24.8 Å². The fourth-order valence-corrected chi connectivity index (χ4v) is 2.14. The van der Waals surface area contributed by atoms with Gasteiger partial charge in [-0.25, -0.2) is 14.8 Å². The number of piperidine rings is 1. The molecule has 1 saturated heterocycles. The molecule has 6 nitrogen and oxygen atoms in total. The zero-order valence-corrected chi connectivity index (χ0v) is 10.5. The van der Waals surface area contributed by atoms with Crippen molar-refractivity contribution in [1.29, 1.82) is 0 Å². The highest BCUT2D eigenvalue weighted by Crippen LogP contribution is 2.20. The molecule has 0 aromatic carbocycles. The Kier molecular flexibility index (Phi) is 4.33. The number of nitrogens with zero attached hydrogens (tertiary/aromatic N) is 3. The molecule has 2 rings (SSSR count). The van der Waals surface area contributed by atoms with Crippen molar-refractivity contribution in [1.82, 2.24) is 15.3 Å². The minimum Gasteiger partial charge on any atom is -0.453 e. The van der Waals surface area contributed by atoms with Crippen LogP contribution in [0.1, 0.15) is 12.8 Å². The van der Waals surface area contributed by atoms with Crippen molar-refractivity contribution in [3.05, 3.63) is 18.6 Å². The van der Waals surface area contributed by atoms with E-state index < -0.39 is 0 Å². The van der Waals surface area contributed by atoms with Crippen LogP contribution in [0.3, 0.4) is 0 Å². The second-order valence-electron chi connectivity index (χ2n) is 4.37. The van der Waals surface area contributed by atoms with E-state index in [1.807, 2.05) is 6.07 Å². The van der Waals surface area contributed by atoms with Crippen LogP contribution in [0.25, 0.3) is 0 Å². The van der Waals surface area contributed by atoms with E-state index in [4.69, 9.17) is 0 Å². The van der Waals surface area contributed by atoms with E-state index in [1.165, 1.54) is 7.11 Å². The number of aromatic nitrogens is 2. The van der Waals surface area contributed by atoms with E-state index in [-0.39, 0.29) is 6.09 Å². The summed E-state index contributed by atoms with van der Waals surface area (Å²) in [5.74, 6) is 1.49. The Hall–Kier alpha value is -1.85. The summed E-state index contributed by atoms with van der Waals surface area (Å²) in [4.78, 5) is 21.4. The standard InChI is InChI=1S/C12H18N4O2/c1-18-12(17)14-8-10-3-6-16(7-4-10)11-2-5-13-9-15-11/h2,5,9-10H,3-4,6-8H2,1H3,(H,14,17). The maximum atomic E-state index is 11.0. The highest BCUT2D eigenvalue weighted by Gasteiger charge is 2.20. The van der Waals surface area contributed by atoms with E-state index >= 15 is 0 Å². The van der Waals surface area contributed by atoms with Gasteiger partial charge in [0.1, 0.15) is 12.1 Å². The molecule has 1 amide bonds. The summed E-state index contributed by atoms with van der Waals surface area (Å²) in [5, 5.41) is 2.75. The third-order valence-corrected chi connectivity index (χ3v) is 3.23. The van der Waals surface area contributed by atoms with Crippen molar-refractivity contribution >= 4 is 11.9 Å². The average Bonchev–Trinajstić information content (AvgIpc) is 2.46. The summed E-state index contributed by atoms with van der Waals surface area (Å²) in [7, 11) is 1.38. The maximum Gasteiger partial charge on any atom is 0.406 e. The molecular formula is C12H18N4O2. The topological polar surface area (TPSA) is 67.3 Å². The highest BCUT2D eigenvalue weighted by molar-refractivity contribution is 5.66. The number of anilines is 1. The lowest BCUT2D eigenvalue weighted by Gasteiger charge is -2.32. The number of hydrogen-bond acceptors (Lipinski definition) is 5. The molecule has 1 aliphatic rings. The molecule has 0 unspecified atom stereocenters. The van der Waals surface area contributed by atoms with Crippen LogP contribution >= 0.6 is 0 Å². The van der Waals surface area contributed by atoms with Crippen molar-refractivity contribution in [3.8, 4) is 0 Å². The normalized spacial score (nSPS) is 16.4. The lowest BCUT2D eigenvalue weighted by Crippen LogP contribution is -2.39. The predicted molar refractivity (Wildman–Crippen MR) is 67.4 cm³/mol. The third-order valence-electron chi connectivity index (χ3n) is 3.23. The van der Waals surface area contributed by atoms with Crippen molar-refractivity contribution in [2.45, 2.75) is 12.8 Å². The summed E-state index contributed by atoms with van der Waals surface area (Å²) < 4.78 is 4.55. The first kappa shape index (κ1) is 12.6. The summed E-state index contributed by atoms with van der Waals surface area (Å²) in [6.45, 7) is 2.61. The van der Waals surface area contributed by atoms with Gasteiger partial charge in [0.05, 0.1) is 7.11 Å². The van der Waals surface area contributed by atoms with Gasteiger partial charge in [0.15, 0.2) is 0 Å². The van der Waals surface area contributed by atoms with Crippen molar-refractivity contribution in [2.75, 3.05) is 31.6 Å². The van der Waals surface area contributed by atoms with Crippen LogP contribution in [0.5, 0.6) is 0 Å². The number of alkyl carbamates (subject to hydrolysis) is 1. The van der Waals surface area contributed by atoms with Gasteiger partial charge in [-0.2, -0.15) is 0 Å². The van der Waals surface area contributed by atoms with E-state index in [0.29, 0.717) is 12.5 Å². The van der Waals surface area contributed by atoms with Crippen molar-refractivity contribution < 1.29 is 9.53 Å². The molecule has 0 spiro atoms. The number of methoxy groups -OCH3 is 1. The molecule has 0 saturated carbocycles. The Morgan fingerprint density at radius 2 is 2.33 bits per heavy atom. The predicted octanol–water partition coefficient (Wildman–Crippen LogP) is 1.05. The summed E-state index contributed by atoms with van der Waals surface area (Å²) in [6, 6.07) is 1.92. The number of nitrogens with one attached hydrogen (secondary N) is 1. The summed E-state index contributed by atoms with van der Waals surface area (Å²) in [6.07, 6.45) is 5.07. The fraction of sp³-hybridized carbons (Fsp3) is 0.583. The van der Waals surface area contributed by atoms with Gasteiger partial charge in [-0.15, -0.1) is 0 Å². The molecule has 98 valence electrons. The van der Waals surface area contributed by atoms with Gasteiger partial charge < -0.3 is 15.0 Å². The van der Waals surface area contributed by atoms with E-state index in [1.54, 1.807) is 12.5 Å². The second kappa shape index (κ2) is 6.18. The third kappa shape index (κ3) is 3.32. The zero-order valence-electron chi connectivity index (χ0n) is 10.5. The lowest BCUT2D eigenvalue weighted by molar-refractivity contribution is 0.168. The molecule has 6 heteroatoms. The number of rotatable bonds is 3. The number of ether oxygens (including phenoxy) is 1. The Labute approximate surface area is 106 Å². The van der Waals surface area contributed by atoms with Gasteiger partial charge in [-0.1, -0.05) is 0 Å². The van der Waals surface area contributed by atoms with Crippen LogP contribution < -0.4 is 10.2 Å². The van der Waals surface area contributed by atoms with Crippen LogP contribution in [0.2, 0.25) is 0 Å². The smallest absolute Gasteiger partial charge is 0.406 e. The van der Waals surface area contributed by atoms with Crippen molar-refractivity contribution in [2.24, 2.45) is 5.92 Å². The summed E-state index contributed by atoms with van der Waals surface area (Å²) >= 11 is 0. The van der Waals surface area contributed by atoms with Gasteiger partial charge in [0, 0.05) is 25.8 Å². The van der Waals surface area contributed by atoms with Crippen LogP contribution in [-0.4, -0.2) is 42.8 Å². The van der Waals surface area contributed by atoms with Crippen LogP contribution in [-0.2, 0) is 4.74 Å². The van der Waals surface area contributed by atoms with Gasteiger partial charge in [0.2, 0.25) is 0 Å². The van der Waals surface area contributed by atoms with Gasteiger partial charge in [-0.3, -0.25) is 0 Å². The average molecular weight is 250 g/mol. The number of hydrogen-bond donors (Lipinski definition) is 1. The Balaban J connectivity index is 1.76. The summed E-state index contributed by atoms with van der Waals surface area (Å²) in [5.41, 5.74) is 0. The molecular weight excluding hydrogens is 232 g/mol. The van der Waals surface area contributed by atoms with Crippen LogP contribution in [0, 0.1) is 5.92 Å². The van der Waals surface area contributed by atoms with Gasteiger partial charge in [0.25, 0.3) is 0 Å². The van der Waals surface area contributed by atoms with Crippen LogP contribution in [0.4, 0.5) is 10.6 Å². The Morgan fingerprint density at radius 3 is 2.94 bits per heavy atom. The Bertz CT molecular complexity index is 377. The molecule has 1 aliphatic heterocycles. The molecule has 1 aromatic rings. The molecule has 0 aliphatic carbocycles. The molecule has 0 bridgehead atoms. The zero-order chi connectivity index (χ0) is 12.8. The highest BCUT2D eigenvalue weighted by atomic mass is 16.5. The maximum absolute atomic E-state index is 11.0. The monoisotopic (exact) mass is 250 g/mol.